The summed E-state index contributed by atoms with van der Waals surface area (Å²) in [5.74, 6) is 0.905. The van der Waals surface area contributed by atoms with Crippen molar-refractivity contribution in [3.05, 3.63) is 0 Å². The van der Waals surface area contributed by atoms with Gasteiger partial charge in [-0.2, -0.15) is 0 Å². The molecule has 0 heterocycles. The Morgan fingerprint density at radius 3 is 2.44 bits per heavy atom. The van der Waals surface area contributed by atoms with E-state index in [0.717, 1.165) is 18.0 Å². The Balaban J connectivity index is 2.40. The van der Waals surface area contributed by atoms with Crippen molar-refractivity contribution in [3.63, 3.8) is 0 Å². The van der Waals surface area contributed by atoms with E-state index in [1.165, 1.54) is 58.2 Å². The Morgan fingerprint density at radius 1 is 1.17 bits per heavy atom. The van der Waals surface area contributed by atoms with Gasteiger partial charge in [-0.05, 0) is 64.6 Å². The molecule has 0 aromatic carbocycles. The van der Waals surface area contributed by atoms with Crippen molar-refractivity contribution in [2.45, 2.75) is 78.3 Å². The maximum atomic E-state index is 3.61. The van der Waals surface area contributed by atoms with Crippen LogP contribution in [-0.4, -0.2) is 36.6 Å². The number of unbranched alkanes of at least 4 members (excludes halogenated alkanes) is 1. The van der Waals surface area contributed by atoms with Crippen molar-refractivity contribution in [3.8, 4) is 0 Å². The van der Waals surface area contributed by atoms with Crippen molar-refractivity contribution in [2.75, 3.05) is 19.6 Å². The van der Waals surface area contributed by atoms with Crippen LogP contribution in [0.1, 0.15) is 66.2 Å². The highest BCUT2D eigenvalue weighted by molar-refractivity contribution is 4.91. The molecule has 0 saturated heterocycles. The summed E-state index contributed by atoms with van der Waals surface area (Å²) in [6, 6.07) is 1.62. The lowest BCUT2D eigenvalue weighted by atomic mass is 9.77. The second-order valence-electron chi connectivity index (χ2n) is 5.96. The fourth-order valence-corrected chi connectivity index (χ4v) is 2.98. The van der Waals surface area contributed by atoms with Crippen LogP contribution in [0, 0.1) is 5.92 Å². The highest BCUT2D eigenvalue weighted by Gasteiger charge is 2.36. The second-order valence-corrected chi connectivity index (χ2v) is 5.96. The molecule has 2 heteroatoms. The van der Waals surface area contributed by atoms with E-state index in [4.69, 9.17) is 0 Å². The van der Waals surface area contributed by atoms with Gasteiger partial charge >= 0.3 is 0 Å². The molecule has 18 heavy (non-hydrogen) atoms. The van der Waals surface area contributed by atoms with Crippen molar-refractivity contribution < 1.29 is 0 Å². The first kappa shape index (κ1) is 16.0. The molecule has 1 saturated carbocycles. The van der Waals surface area contributed by atoms with Crippen LogP contribution < -0.4 is 5.32 Å². The maximum absolute atomic E-state index is 3.61. The minimum absolute atomic E-state index is 0.760. The van der Waals surface area contributed by atoms with Crippen molar-refractivity contribution >= 4 is 0 Å². The Bertz CT molecular complexity index is 205. The molecule has 1 aliphatic carbocycles. The van der Waals surface area contributed by atoms with E-state index in [-0.39, 0.29) is 0 Å². The molecular formula is C16H34N2. The van der Waals surface area contributed by atoms with Gasteiger partial charge < -0.3 is 5.32 Å². The molecule has 0 spiro atoms. The molecule has 2 nitrogen and oxygen atoms in total. The molecule has 1 fully saturated rings. The number of hydrogen-bond donors (Lipinski definition) is 1. The molecular weight excluding hydrogens is 220 g/mol. The SMILES string of the molecule is CCCCN(C(C)CC)C1CCC1CNCCC. The van der Waals surface area contributed by atoms with Gasteiger partial charge in [-0.1, -0.05) is 27.2 Å². The van der Waals surface area contributed by atoms with E-state index in [2.05, 4.69) is 37.9 Å². The van der Waals surface area contributed by atoms with Crippen LogP contribution in [0.15, 0.2) is 0 Å². The number of rotatable bonds is 10. The summed E-state index contributed by atoms with van der Waals surface area (Å²) >= 11 is 0. The summed E-state index contributed by atoms with van der Waals surface area (Å²) in [7, 11) is 0. The Morgan fingerprint density at radius 2 is 1.94 bits per heavy atom. The first-order valence-corrected chi connectivity index (χ1v) is 8.20. The molecule has 1 rings (SSSR count). The smallest absolute Gasteiger partial charge is 0.0139 e. The van der Waals surface area contributed by atoms with E-state index < -0.39 is 0 Å². The second kappa shape index (κ2) is 8.92. The normalized spacial score (nSPS) is 25.2. The van der Waals surface area contributed by atoms with Crippen LogP contribution in [0.5, 0.6) is 0 Å². The quantitative estimate of drug-likeness (QED) is 0.599. The van der Waals surface area contributed by atoms with Gasteiger partial charge in [0.1, 0.15) is 0 Å². The molecule has 0 radical (unpaired) electrons. The summed E-state index contributed by atoms with van der Waals surface area (Å²) < 4.78 is 0. The standard InChI is InChI=1S/C16H34N2/c1-5-8-12-18(14(4)7-3)16-10-9-15(16)13-17-11-6-2/h14-17H,5-13H2,1-4H3. The Hall–Kier alpha value is -0.0800. The lowest BCUT2D eigenvalue weighted by Crippen LogP contribution is -2.53. The highest BCUT2D eigenvalue weighted by Crippen LogP contribution is 2.33. The van der Waals surface area contributed by atoms with Gasteiger partial charge in [0.25, 0.3) is 0 Å². The molecule has 0 aromatic rings. The predicted molar refractivity (Wildman–Crippen MR) is 81.0 cm³/mol. The van der Waals surface area contributed by atoms with Gasteiger partial charge in [0.05, 0.1) is 0 Å². The zero-order valence-electron chi connectivity index (χ0n) is 13.0. The molecule has 3 unspecified atom stereocenters. The minimum Gasteiger partial charge on any atom is -0.316 e. The number of nitrogens with one attached hydrogen (secondary N) is 1. The number of hydrogen-bond acceptors (Lipinski definition) is 2. The molecule has 108 valence electrons. The lowest BCUT2D eigenvalue weighted by Gasteiger charge is -2.47. The maximum Gasteiger partial charge on any atom is 0.0139 e. The summed E-state index contributed by atoms with van der Waals surface area (Å²) in [4.78, 5) is 2.80. The van der Waals surface area contributed by atoms with Crippen molar-refractivity contribution in [1.82, 2.24) is 10.2 Å². The molecule has 1 N–H and O–H groups in total. The Kier molecular flexibility index (Phi) is 7.92. The average molecular weight is 254 g/mol. The fourth-order valence-electron chi connectivity index (χ4n) is 2.98. The lowest BCUT2D eigenvalue weighted by molar-refractivity contribution is 0.0302. The van der Waals surface area contributed by atoms with Gasteiger partial charge in [0, 0.05) is 12.1 Å². The summed E-state index contributed by atoms with van der Waals surface area (Å²) in [5.41, 5.74) is 0. The van der Waals surface area contributed by atoms with E-state index >= 15 is 0 Å². The average Bonchev–Trinajstić information content (AvgIpc) is 2.37. The van der Waals surface area contributed by atoms with Crippen LogP contribution in [0.2, 0.25) is 0 Å². The first-order chi connectivity index (χ1) is 8.74. The molecule has 0 bridgehead atoms. The van der Waals surface area contributed by atoms with Gasteiger partial charge in [0.15, 0.2) is 0 Å². The van der Waals surface area contributed by atoms with Gasteiger partial charge in [-0.3, -0.25) is 4.90 Å². The van der Waals surface area contributed by atoms with Crippen molar-refractivity contribution in [1.29, 1.82) is 0 Å². The van der Waals surface area contributed by atoms with Crippen LogP contribution in [0.4, 0.5) is 0 Å². The fraction of sp³-hybridized carbons (Fsp3) is 1.00. The number of nitrogens with zero attached hydrogens (tertiary/aromatic N) is 1. The van der Waals surface area contributed by atoms with Crippen molar-refractivity contribution in [2.24, 2.45) is 5.92 Å². The van der Waals surface area contributed by atoms with E-state index in [1.54, 1.807) is 0 Å². The van der Waals surface area contributed by atoms with E-state index in [9.17, 15) is 0 Å². The van der Waals surface area contributed by atoms with Gasteiger partial charge in [-0.15, -0.1) is 0 Å². The zero-order valence-corrected chi connectivity index (χ0v) is 13.0. The summed E-state index contributed by atoms with van der Waals surface area (Å²) in [6.07, 6.45) is 8.07. The zero-order chi connectivity index (χ0) is 13.4. The molecule has 0 aromatic heterocycles. The van der Waals surface area contributed by atoms with E-state index in [1.807, 2.05) is 0 Å². The summed E-state index contributed by atoms with van der Waals surface area (Å²) in [6.45, 7) is 13.0. The monoisotopic (exact) mass is 254 g/mol. The molecule has 3 atom stereocenters. The van der Waals surface area contributed by atoms with Gasteiger partial charge in [-0.25, -0.2) is 0 Å². The predicted octanol–water partition coefficient (Wildman–Crippen LogP) is 3.67. The van der Waals surface area contributed by atoms with Crippen LogP contribution >= 0.6 is 0 Å². The third-order valence-electron chi connectivity index (χ3n) is 4.56. The molecule has 0 aliphatic heterocycles. The molecule has 1 aliphatic rings. The largest absolute Gasteiger partial charge is 0.316 e. The summed E-state index contributed by atoms with van der Waals surface area (Å²) in [5, 5.41) is 3.61. The molecule has 0 amide bonds. The van der Waals surface area contributed by atoms with Crippen LogP contribution in [-0.2, 0) is 0 Å². The minimum atomic E-state index is 0.760. The topological polar surface area (TPSA) is 15.3 Å². The third kappa shape index (κ3) is 4.55. The highest BCUT2D eigenvalue weighted by atomic mass is 15.2. The Labute approximate surface area is 115 Å². The van der Waals surface area contributed by atoms with Crippen LogP contribution in [0.25, 0.3) is 0 Å². The van der Waals surface area contributed by atoms with Crippen LogP contribution in [0.3, 0.4) is 0 Å². The third-order valence-corrected chi connectivity index (χ3v) is 4.56. The van der Waals surface area contributed by atoms with E-state index in [0.29, 0.717) is 0 Å². The first-order valence-electron chi connectivity index (χ1n) is 8.20. The van der Waals surface area contributed by atoms with Gasteiger partial charge in [0.2, 0.25) is 0 Å².